The van der Waals surface area contributed by atoms with E-state index in [1.54, 1.807) is 24.3 Å². The summed E-state index contributed by atoms with van der Waals surface area (Å²) in [6.07, 6.45) is 0. The first-order valence-corrected chi connectivity index (χ1v) is 8.43. The number of nitrogens with zero attached hydrogens (tertiary/aromatic N) is 1. The molecule has 4 rings (SSSR count). The van der Waals surface area contributed by atoms with Gasteiger partial charge in [-0.3, -0.25) is 0 Å². The molecule has 0 unspecified atom stereocenters. The second-order valence-corrected chi connectivity index (χ2v) is 5.90. The number of fused-ring (bicyclic) bond motifs is 1. The number of amidine groups is 1. The van der Waals surface area contributed by atoms with Gasteiger partial charge in [0.2, 0.25) is 0 Å². The number of benzene rings is 3. The molecule has 0 saturated heterocycles. The van der Waals surface area contributed by atoms with Crippen LogP contribution < -0.4 is 10.9 Å². The Morgan fingerprint density at radius 2 is 1.48 bits per heavy atom. The van der Waals surface area contributed by atoms with Crippen LogP contribution in [0.4, 0.5) is 11.4 Å². The molecule has 0 aliphatic rings. The molecule has 4 aromatic rings. The van der Waals surface area contributed by atoms with E-state index in [1.165, 1.54) is 0 Å². The van der Waals surface area contributed by atoms with E-state index in [1.807, 2.05) is 60.7 Å². The number of anilines is 1. The van der Waals surface area contributed by atoms with Gasteiger partial charge >= 0.3 is 5.63 Å². The molecule has 0 amide bonds. The van der Waals surface area contributed by atoms with E-state index in [2.05, 4.69) is 10.3 Å². The van der Waals surface area contributed by atoms with Gasteiger partial charge in [0.25, 0.3) is 0 Å². The second-order valence-electron chi connectivity index (χ2n) is 5.90. The minimum atomic E-state index is -0.663. The third kappa shape index (κ3) is 3.43. The highest BCUT2D eigenvalue weighted by atomic mass is 16.4. The number of hydrogen-bond acceptors (Lipinski definition) is 4. The second kappa shape index (κ2) is 7.17. The van der Waals surface area contributed by atoms with E-state index >= 15 is 0 Å². The lowest BCUT2D eigenvalue weighted by molar-refractivity contribution is 0.466. The predicted molar refractivity (Wildman–Crippen MR) is 107 cm³/mol. The van der Waals surface area contributed by atoms with Gasteiger partial charge in [-0.2, -0.15) is 0 Å². The predicted octanol–water partition coefficient (Wildman–Crippen LogP) is 4.69. The Kier molecular flexibility index (Phi) is 4.41. The standard InChI is InChI=1S/C22H16N2O3/c25-20-17-13-7-8-14-18(17)27-22(26)19(20)21(23-15-9-3-1-4-10-15)24-16-11-5-2-6-12-16/h1-14,25H,(H,23,24). The SMILES string of the molecule is O=c1oc2ccccc2c(O)c1C(=Nc1ccccc1)Nc1ccccc1. The van der Waals surface area contributed by atoms with Crippen molar-refractivity contribution in [3.05, 3.63) is 101 Å². The van der Waals surface area contributed by atoms with Crippen molar-refractivity contribution < 1.29 is 9.52 Å². The average molecular weight is 356 g/mol. The quantitative estimate of drug-likeness (QED) is 0.317. The number of rotatable bonds is 3. The molecule has 1 heterocycles. The van der Waals surface area contributed by atoms with Crippen molar-refractivity contribution in [3.63, 3.8) is 0 Å². The van der Waals surface area contributed by atoms with Crippen LogP contribution in [-0.4, -0.2) is 10.9 Å². The summed E-state index contributed by atoms with van der Waals surface area (Å²) in [7, 11) is 0. The summed E-state index contributed by atoms with van der Waals surface area (Å²) in [6.45, 7) is 0. The van der Waals surface area contributed by atoms with Gasteiger partial charge in [-0.25, -0.2) is 9.79 Å². The Labute approximate surface area is 155 Å². The van der Waals surface area contributed by atoms with Crippen LogP contribution in [0, 0.1) is 0 Å². The topological polar surface area (TPSA) is 74.8 Å². The van der Waals surface area contributed by atoms with Gasteiger partial charge in [-0.15, -0.1) is 0 Å². The van der Waals surface area contributed by atoms with Crippen LogP contribution in [0.5, 0.6) is 5.75 Å². The summed E-state index contributed by atoms with van der Waals surface area (Å²) >= 11 is 0. The summed E-state index contributed by atoms with van der Waals surface area (Å²) in [5, 5.41) is 14.3. The van der Waals surface area contributed by atoms with Gasteiger partial charge in [-0.05, 0) is 36.4 Å². The molecule has 0 aliphatic carbocycles. The normalized spacial score (nSPS) is 11.5. The third-order valence-corrected chi connectivity index (χ3v) is 4.06. The molecule has 1 aromatic heterocycles. The van der Waals surface area contributed by atoms with Crippen LogP contribution in [0.2, 0.25) is 0 Å². The summed E-state index contributed by atoms with van der Waals surface area (Å²) in [5.41, 5.74) is 1.02. The van der Waals surface area contributed by atoms with E-state index in [0.717, 1.165) is 5.69 Å². The number of aliphatic imine (C=N–C) groups is 1. The summed E-state index contributed by atoms with van der Waals surface area (Å²) in [5.74, 6) is 0.0457. The molecule has 0 spiro atoms. The molecular weight excluding hydrogens is 340 g/mol. The van der Waals surface area contributed by atoms with Gasteiger partial charge in [-0.1, -0.05) is 48.5 Å². The molecule has 3 aromatic carbocycles. The zero-order valence-electron chi connectivity index (χ0n) is 14.3. The van der Waals surface area contributed by atoms with Gasteiger partial charge in [0.05, 0.1) is 11.1 Å². The lowest BCUT2D eigenvalue weighted by atomic mass is 10.1. The molecule has 5 nitrogen and oxygen atoms in total. The van der Waals surface area contributed by atoms with Gasteiger partial charge < -0.3 is 14.8 Å². The molecule has 2 N–H and O–H groups in total. The largest absolute Gasteiger partial charge is 0.506 e. The Hall–Kier alpha value is -3.86. The summed E-state index contributed by atoms with van der Waals surface area (Å²) in [4.78, 5) is 17.2. The van der Waals surface area contributed by atoms with E-state index in [-0.39, 0.29) is 17.1 Å². The van der Waals surface area contributed by atoms with Crippen LogP contribution >= 0.6 is 0 Å². The fraction of sp³-hybridized carbons (Fsp3) is 0. The zero-order valence-corrected chi connectivity index (χ0v) is 14.3. The Balaban J connectivity index is 1.92. The minimum absolute atomic E-state index is 0.0126. The Morgan fingerprint density at radius 1 is 0.852 bits per heavy atom. The minimum Gasteiger partial charge on any atom is -0.506 e. The van der Waals surface area contributed by atoms with Crippen LogP contribution in [0.3, 0.4) is 0 Å². The molecule has 27 heavy (non-hydrogen) atoms. The highest BCUT2D eigenvalue weighted by molar-refractivity contribution is 6.12. The van der Waals surface area contributed by atoms with Gasteiger partial charge in [0.1, 0.15) is 22.7 Å². The third-order valence-electron chi connectivity index (χ3n) is 4.06. The number of nitrogens with one attached hydrogen (secondary N) is 1. The van der Waals surface area contributed by atoms with E-state index in [9.17, 15) is 9.90 Å². The van der Waals surface area contributed by atoms with E-state index in [4.69, 9.17) is 4.42 Å². The molecule has 0 bridgehead atoms. The Morgan fingerprint density at radius 3 is 2.22 bits per heavy atom. The average Bonchev–Trinajstić information content (AvgIpc) is 2.69. The monoisotopic (exact) mass is 356 g/mol. The zero-order chi connectivity index (χ0) is 18.6. The maximum atomic E-state index is 12.6. The number of hydrogen-bond donors (Lipinski definition) is 2. The van der Waals surface area contributed by atoms with Crippen molar-refractivity contribution in [1.82, 2.24) is 0 Å². The van der Waals surface area contributed by atoms with Crippen molar-refractivity contribution in [2.45, 2.75) is 0 Å². The highest BCUT2D eigenvalue weighted by Gasteiger charge is 2.19. The lowest BCUT2D eigenvalue weighted by Crippen LogP contribution is -2.22. The molecule has 0 fully saturated rings. The van der Waals surface area contributed by atoms with Gasteiger partial charge in [0.15, 0.2) is 0 Å². The molecule has 132 valence electrons. The summed E-state index contributed by atoms with van der Waals surface area (Å²) in [6, 6.07) is 25.4. The molecular formula is C22H16N2O3. The fourth-order valence-corrected chi connectivity index (χ4v) is 2.78. The van der Waals surface area contributed by atoms with Crippen molar-refractivity contribution in [3.8, 4) is 5.75 Å². The van der Waals surface area contributed by atoms with Crippen molar-refractivity contribution in [2.75, 3.05) is 5.32 Å². The fourth-order valence-electron chi connectivity index (χ4n) is 2.78. The van der Waals surface area contributed by atoms with Gasteiger partial charge in [0, 0.05) is 5.69 Å². The lowest BCUT2D eigenvalue weighted by Gasteiger charge is -2.12. The molecule has 0 atom stereocenters. The molecule has 5 heteroatoms. The van der Waals surface area contributed by atoms with Crippen LogP contribution in [0.1, 0.15) is 5.56 Å². The van der Waals surface area contributed by atoms with Crippen LogP contribution in [0.15, 0.2) is 99.1 Å². The first-order valence-electron chi connectivity index (χ1n) is 8.43. The molecule has 0 radical (unpaired) electrons. The van der Waals surface area contributed by atoms with Crippen molar-refractivity contribution in [1.29, 1.82) is 0 Å². The van der Waals surface area contributed by atoms with Crippen molar-refractivity contribution in [2.24, 2.45) is 4.99 Å². The first kappa shape index (κ1) is 16.6. The smallest absolute Gasteiger partial charge is 0.351 e. The maximum absolute atomic E-state index is 12.6. The summed E-state index contributed by atoms with van der Waals surface area (Å²) < 4.78 is 5.39. The number of para-hydroxylation sites is 3. The van der Waals surface area contributed by atoms with E-state index in [0.29, 0.717) is 16.7 Å². The van der Waals surface area contributed by atoms with Crippen LogP contribution in [0.25, 0.3) is 11.0 Å². The highest BCUT2D eigenvalue weighted by Crippen LogP contribution is 2.27. The first-order chi connectivity index (χ1) is 13.2. The molecule has 0 aliphatic heterocycles. The maximum Gasteiger partial charge on any atom is 0.351 e. The number of aromatic hydroxyl groups is 1. The van der Waals surface area contributed by atoms with Crippen molar-refractivity contribution >= 4 is 28.2 Å². The van der Waals surface area contributed by atoms with E-state index < -0.39 is 5.63 Å². The van der Waals surface area contributed by atoms with Crippen LogP contribution in [-0.2, 0) is 0 Å². The molecule has 0 saturated carbocycles. The Bertz CT molecular complexity index is 1170.